The molecule has 3 rings (SSSR count). The number of methoxy groups -OCH3 is 1. The first-order valence-electron chi connectivity index (χ1n) is 7.82. The Morgan fingerprint density at radius 1 is 1.17 bits per heavy atom. The van der Waals surface area contributed by atoms with Crippen LogP contribution in [-0.2, 0) is 12.8 Å². The van der Waals surface area contributed by atoms with Crippen molar-refractivity contribution in [3.63, 3.8) is 0 Å². The van der Waals surface area contributed by atoms with Crippen molar-refractivity contribution in [2.24, 2.45) is 0 Å². The van der Waals surface area contributed by atoms with Crippen LogP contribution in [0.15, 0.2) is 48.5 Å². The van der Waals surface area contributed by atoms with Crippen LogP contribution < -0.4 is 10.1 Å². The van der Waals surface area contributed by atoms with E-state index in [2.05, 4.69) is 11.4 Å². The molecule has 4 nitrogen and oxygen atoms in total. The summed E-state index contributed by atoms with van der Waals surface area (Å²) in [5.74, 6) is 0.306. The number of amides is 1. The number of hydrogen-bond acceptors (Lipinski definition) is 3. The van der Waals surface area contributed by atoms with Gasteiger partial charge >= 0.3 is 0 Å². The van der Waals surface area contributed by atoms with Gasteiger partial charge in [0.1, 0.15) is 5.75 Å². The summed E-state index contributed by atoms with van der Waals surface area (Å²) in [6, 6.07) is 15.2. The fraction of sp³-hybridized carbons (Fsp3) is 0.316. The van der Waals surface area contributed by atoms with E-state index in [-0.39, 0.29) is 12.5 Å². The molecule has 0 fully saturated rings. The second-order valence-corrected chi connectivity index (χ2v) is 6.05. The van der Waals surface area contributed by atoms with Gasteiger partial charge in [-0.15, -0.1) is 0 Å². The molecular formula is C19H21NO3. The first-order chi connectivity index (χ1) is 11.1. The van der Waals surface area contributed by atoms with Crippen LogP contribution in [0, 0.1) is 0 Å². The van der Waals surface area contributed by atoms with Gasteiger partial charge in [0.15, 0.2) is 0 Å². The summed E-state index contributed by atoms with van der Waals surface area (Å²) in [4.78, 5) is 12.4. The van der Waals surface area contributed by atoms with E-state index in [1.165, 1.54) is 12.7 Å². The number of aryl methyl sites for hydroxylation is 1. The Hall–Kier alpha value is -2.33. The molecule has 2 aromatic carbocycles. The van der Waals surface area contributed by atoms with Gasteiger partial charge in [-0.25, -0.2) is 0 Å². The zero-order valence-electron chi connectivity index (χ0n) is 13.2. The number of para-hydroxylation sites is 1. The molecule has 23 heavy (non-hydrogen) atoms. The third-order valence-electron chi connectivity index (χ3n) is 4.43. The maximum absolute atomic E-state index is 12.4. The fourth-order valence-corrected chi connectivity index (χ4v) is 3.11. The van der Waals surface area contributed by atoms with Crippen molar-refractivity contribution in [3.8, 4) is 5.75 Å². The lowest BCUT2D eigenvalue weighted by atomic mass is 9.80. The Bertz CT molecular complexity index is 713. The van der Waals surface area contributed by atoms with Gasteiger partial charge in [0.2, 0.25) is 0 Å². The minimum absolute atomic E-state index is 0.227. The summed E-state index contributed by atoms with van der Waals surface area (Å²) < 4.78 is 5.21. The van der Waals surface area contributed by atoms with Crippen molar-refractivity contribution in [1.82, 2.24) is 5.32 Å². The van der Waals surface area contributed by atoms with Crippen molar-refractivity contribution in [1.29, 1.82) is 0 Å². The molecule has 0 aliphatic heterocycles. The molecule has 0 heterocycles. The highest BCUT2D eigenvalue weighted by atomic mass is 16.5. The maximum atomic E-state index is 12.4. The average Bonchev–Trinajstić information content (AvgIpc) is 2.59. The summed E-state index contributed by atoms with van der Waals surface area (Å²) in [6.45, 7) is 0.234. The standard InChI is InChI=1S/C19H21NO3/c1-23-17-9-5-4-8-16(17)18(21)20-13-19(22)11-10-14-6-2-3-7-15(14)12-19/h2-9,22H,10-13H2,1H3,(H,20,21). The number of nitrogens with one attached hydrogen (secondary N) is 1. The van der Waals surface area contributed by atoms with E-state index < -0.39 is 5.60 Å². The van der Waals surface area contributed by atoms with Crippen LogP contribution in [0.5, 0.6) is 5.75 Å². The van der Waals surface area contributed by atoms with E-state index in [1.807, 2.05) is 24.3 Å². The SMILES string of the molecule is COc1ccccc1C(=O)NCC1(O)CCc2ccccc2C1. The Kier molecular flexibility index (Phi) is 4.35. The highest BCUT2D eigenvalue weighted by molar-refractivity contribution is 5.96. The van der Waals surface area contributed by atoms with Crippen molar-refractivity contribution < 1.29 is 14.6 Å². The van der Waals surface area contributed by atoms with Gasteiger partial charge in [0.05, 0.1) is 18.3 Å². The molecule has 0 radical (unpaired) electrons. The van der Waals surface area contributed by atoms with Crippen LogP contribution >= 0.6 is 0 Å². The zero-order valence-corrected chi connectivity index (χ0v) is 13.2. The fourth-order valence-electron chi connectivity index (χ4n) is 3.11. The van der Waals surface area contributed by atoms with E-state index in [9.17, 15) is 9.90 Å². The van der Waals surface area contributed by atoms with Crippen LogP contribution in [0.25, 0.3) is 0 Å². The van der Waals surface area contributed by atoms with Gasteiger partial charge in [-0.05, 0) is 36.1 Å². The van der Waals surface area contributed by atoms with E-state index in [0.717, 1.165) is 12.0 Å². The first kappa shape index (κ1) is 15.6. The Morgan fingerprint density at radius 2 is 1.87 bits per heavy atom. The molecule has 4 heteroatoms. The van der Waals surface area contributed by atoms with Crippen LogP contribution in [0.1, 0.15) is 27.9 Å². The summed E-state index contributed by atoms with van der Waals surface area (Å²) in [7, 11) is 1.54. The van der Waals surface area contributed by atoms with E-state index >= 15 is 0 Å². The van der Waals surface area contributed by atoms with Crippen molar-refractivity contribution in [3.05, 3.63) is 65.2 Å². The van der Waals surface area contributed by atoms with Gasteiger partial charge in [-0.1, -0.05) is 36.4 Å². The maximum Gasteiger partial charge on any atom is 0.255 e. The summed E-state index contributed by atoms with van der Waals surface area (Å²) in [5.41, 5.74) is 2.03. The van der Waals surface area contributed by atoms with Gasteiger partial charge in [-0.2, -0.15) is 0 Å². The molecular weight excluding hydrogens is 290 g/mol. The van der Waals surface area contributed by atoms with Gasteiger partial charge in [-0.3, -0.25) is 4.79 Å². The number of carbonyl (C=O) groups is 1. The lowest BCUT2D eigenvalue weighted by Crippen LogP contribution is -2.46. The van der Waals surface area contributed by atoms with Crippen LogP contribution in [0.3, 0.4) is 0 Å². The molecule has 1 amide bonds. The molecule has 2 aromatic rings. The lowest BCUT2D eigenvalue weighted by molar-refractivity contribution is 0.0259. The molecule has 120 valence electrons. The second kappa shape index (κ2) is 6.42. The first-order valence-corrected chi connectivity index (χ1v) is 7.82. The number of fused-ring (bicyclic) bond motifs is 1. The van der Waals surface area contributed by atoms with Gasteiger partial charge in [0.25, 0.3) is 5.91 Å². The molecule has 1 unspecified atom stereocenters. The third-order valence-corrected chi connectivity index (χ3v) is 4.43. The molecule has 2 N–H and O–H groups in total. The van der Waals surface area contributed by atoms with E-state index in [4.69, 9.17) is 4.74 Å². The largest absolute Gasteiger partial charge is 0.496 e. The zero-order chi connectivity index (χ0) is 16.3. The minimum Gasteiger partial charge on any atom is -0.496 e. The normalized spacial score (nSPS) is 19.7. The van der Waals surface area contributed by atoms with E-state index in [1.54, 1.807) is 18.2 Å². The average molecular weight is 311 g/mol. The highest BCUT2D eigenvalue weighted by Crippen LogP contribution is 2.28. The predicted octanol–water partition coefficient (Wildman–Crippen LogP) is 2.35. The quantitative estimate of drug-likeness (QED) is 0.911. The van der Waals surface area contributed by atoms with Gasteiger partial charge < -0.3 is 15.2 Å². The van der Waals surface area contributed by atoms with Crippen LogP contribution in [-0.4, -0.2) is 30.3 Å². The van der Waals surface area contributed by atoms with Crippen LogP contribution in [0.4, 0.5) is 0 Å². The van der Waals surface area contributed by atoms with Crippen molar-refractivity contribution >= 4 is 5.91 Å². The Balaban J connectivity index is 1.67. The molecule has 0 saturated carbocycles. The minimum atomic E-state index is -0.897. The number of aliphatic hydroxyl groups is 1. The summed E-state index contributed by atoms with van der Waals surface area (Å²) in [5, 5.41) is 13.6. The lowest BCUT2D eigenvalue weighted by Gasteiger charge is -2.33. The third kappa shape index (κ3) is 3.37. The molecule has 1 atom stereocenters. The Labute approximate surface area is 136 Å². The summed E-state index contributed by atoms with van der Waals surface area (Å²) in [6.07, 6.45) is 2.04. The highest BCUT2D eigenvalue weighted by Gasteiger charge is 2.32. The van der Waals surface area contributed by atoms with Gasteiger partial charge in [0, 0.05) is 13.0 Å². The number of hydrogen-bond donors (Lipinski definition) is 2. The summed E-state index contributed by atoms with van der Waals surface area (Å²) >= 11 is 0. The number of rotatable bonds is 4. The molecule has 0 aromatic heterocycles. The molecule has 1 aliphatic carbocycles. The number of benzene rings is 2. The smallest absolute Gasteiger partial charge is 0.255 e. The second-order valence-electron chi connectivity index (χ2n) is 6.05. The Morgan fingerprint density at radius 3 is 2.65 bits per heavy atom. The van der Waals surface area contributed by atoms with E-state index in [0.29, 0.717) is 24.2 Å². The number of ether oxygens (including phenoxy) is 1. The topological polar surface area (TPSA) is 58.6 Å². The molecule has 0 saturated heterocycles. The predicted molar refractivity (Wildman–Crippen MR) is 88.7 cm³/mol. The number of carbonyl (C=O) groups excluding carboxylic acids is 1. The molecule has 0 spiro atoms. The molecule has 1 aliphatic rings. The van der Waals surface area contributed by atoms with Crippen molar-refractivity contribution in [2.75, 3.05) is 13.7 Å². The van der Waals surface area contributed by atoms with Crippen molar-refractivity contribution in [2.45, 2.75) is 24.9 Å². The van der Waals surface area contributed by atoms with Crippen LogP contribution in [0.2, 0.25) is 0 Å². The monoisotopic (exact) mass is 311 g/mol. The molecule has 0 bridgehead atoms.